The van der Waals surface area contributed by atoms with Gasteiger partial charge in [-0.25, -0.2) is 4.98 Å². The maximum Gasteiger partial charge on any atom is 0.231 e. The second kappa shape index (κ2) is 6.77. The first-order valence-electron chi connectivity index (χ1n) is 8.09. The summed E-state index contributed by atoms with van der Waals surface area (Å²) in [6, 6.07) is 18.8. The number of aliphatic imine (C=N–C) groups is 1. The summed E-state index contributed by atoms with van der Waals surface area (Å²) in [5.41, 5.74) is 4.74. The number of benzene rings is 3. The van der Waals surface area contributed by atoms with Gasteiger partial charge >= 0.3 is 0 Å². The molecular weight excluding hydrogens is 392 g/mol. The molecule has 0 unspecified atom stereocenters. The van der Waals surface area contributed by atoms with Gasteiger partial charge in [0.05, 0.1) is 11.3 Å². The van der Waals surface area contributed by atoms with Crippen LogP contribution in [0, 0.1) is 6.92 Å². The molecule has 0 saturated heterocycles. The molecule has 0 radical (unpaired) electrons. The van der Waals surface area contributed by atoms with E-state index in [1.807, 2.05) is 49.4 Å². The summed E-state index contributed by atoms with van der Waals surface area (Å²) in [6.45, 7) is 1.98. The van der Waals surface area contributed by atoms with Gasteiger partial charge in [0.2, 0.25) is 5.89 Å². The Balaban J connectivity index is 1.71. The molecule has 4 rings (SSSR count). The van der Waals surface area contributed by atoms with Crippen LogP contribution in [0.2, 0.25) is 0 Å². The van der Waals surface area contributed by atoms with Crippen LogP contribution in [0.3, 0.4) is 0 Å². The fourth-order valence-corrected chi connectivity index (χ4v) is 2.94. The fourth-order valence-electron chi connectivity index (χ4n) is 2.67. The van der Waals surface area contributed by atoms with Crippen LogP contribution in [0.15, 0.2) is 74.5 Å². The average molecular weight is 407 g/mol. The molecule has 0 saturated carbocycles. The van der Waals surface area contributed by atoms with E-state index in [0.717, 1.165) is 21.1 Å². The van der Waals surface area contributed by atoms with Crippen LogP contribution in [0.1, 0.15) is 11.1 Å². The van der Waals surface area contributed by atoms with Crippen molar-refractivity contribution in [2.75, 3.05) is 0 Å². The third kappa shape index (κ3) is 3.26. The highest BCUT2D eigenvalue weighted by atomic mass is 79.9. The van der Waals surface area contributed by atoms with Crippen molar-refractivity contribution in [3.05, 3.63) is 76.3 Å². The molecular formula is C21H15BrN2O2. The molecule has 1 N–H and O–H groups in total. The van der Waals surface area contributed by atoms with E-state index in [4.69, 9.17) is 4.42 Å². The summed E-state index contributed by atoms with van der Waals surface area (Å²) in [6.07, 6.45) is 1.78. The van der Waals surface area contributed by atoms with Gasteiger partial charge in [0, 0.05) is 10.7 Å². The number of halogens is 1. The van der Waals surface area contributed by atoms with Gasteiger partial charge in [-0.2, -0.15) is 0 Å². The predicted octanol–water partition coefficient (Wildman–Crippen LogP) is 6.02. The molecule has 0 bridgehead atoms. The highest BCUT2D eigenvalue weighted by Gasteiger charge is 2.14. The number of oxazole rings is 1. The van der Waals surface area contributed by atoms with Crippen LogP contribution in [0.25, 0.3) is 22.6 Å². The van der Waals surface area contributed by atoms with Crippen molar-refractivity contribution >= 4 is 38.9 Å². The van der Waals surface area contributed by atoms with Crippen molar-refractivity contribution in [1.82, 2.24) is 4.98 Å². The summed E-state index contributed by atoms with van der Waals surface area (Å²) < 4.78 is 6.84. The molecule has 1 aromatic heterocycles. The largest absolute Gasteiger partial charge is 0.507 e. The number of phenols is 1. The van der Waals surface area contributed by atoms with E-state index in [0.29, 0.717) is 22.7 Å². The minimum absolute atomic E-state index is 0.108. The highest BCUT2D eigenvalue weighted by Crippen LogP contribution is 2.34. The smallest absolute Gasteiger partial charge is 0.231 e. The van der Waals surface area contributed by atoms with Gasteiger partial charge in [-0.3, -0.25) is 4.99 Å². The Bertz CT molecular complexity index is 1110. The summed E-state index contributed by atoms with van der Waals surface area (Å²) >= 11 is 3.41. The van der Waals surface area contributed by atoms with Crippen molar-refractivity contribution in [2.24, 2.45) is 4.99 Å². The van der Waals surface area contributed by atoms with E-state index in [1.54, 1.807) is 24.4 Å². The molecule has 26 heavy (non-hydrogen) atoms. The van der Waals surface area contributed by atoms with Crippen molar-refractivity contribution in [2.45, 2.75) is 6.92 Å². The molecule has 5 heteroatoms. The van der Waals surface area contributed by atoms with Crippen molar-refractivity contribution in [1.29, 1.82) is 0 Å². The number of hydrogen-bond donors (Lipinski definition) is 1. The van der Waals surface area contributed by atoms with E-state index < -0.39 is 0 Å². The molecule has 0 fully saturated rings. The van der Waals surface area contributed by atoms with Crippen LogP contribution in [0.4, 0.5) is 5.69 Å². The Morgan fingerprint density at radius 1 is 1.08 bits per heavy atom. The van der Waals surface area contributed by atoms with Gasteiger partial charge in [-0.05, 0) is 54.4 Å². The number of fused-ring (bicyclic) bond motifs is 1. The zero-order chi connectivity index (χ0) is 18.1. The lowest BCUT2D eigenvalue weighted by molar-refractivity contribution is 0.474. The SMILES string of the molecule is Cc1cccc2oc(-c3cc(N=Cc4ccc(Br)cc4)ccc3O)nc12. The van der Waals surface area contributed by atoms with E-state index >= 15 is 0 Å². The highest BCUT2D eigenvalue weighted by molar-refractivity contribution is 9.10. The normalized spacial score (nSPS) is 11.5. The number of rotatable bonds is 3. The zero-order valence-electron chi connectivity index (χ0n) is 14.0. The Morgan fingerprint density at radius 2 is 1.88 bits per heavy atom. The Hall–Kier alpha value is -2.92. The lowest BCUT2D eigenvalue weighted by Gasteiger charge is -2.02. The maximum absolute atomic E-state index is 10.2. The van der Waals surface area contributed by atoms with E-state index in [-0.39, 0.29) is 5.75 Å². The van der Waals surface area contributed by atoms with Gasteiger partial charge in [0.25, 0.3) is 0 Å². The molecule has 0 aliphatic rings. The number of para-hydroxylation sites is 1. The third-order valence-electron chi connectivity index (χ3n) is 4.06. The Morgan fingerprint density at radius 3 is 2.65 bits per heavy atom. The van der Waals surface area contributed by atoms with E-state index in [2.05, 4.69) is 25.9 Å². The number of hydrogen-bond acceptors (Lipinski definition) is 4. The summed E-state index contributed by atoms with van der Waals surface area (Å²) in [7, 11) is 0. The number of aryl methyl sites for hydroxylation is 1. The maximum atomic E-state index is 10.2. The second-order valence-electron chi connectivity index (χ2n) is 5.95. The molecule has 0 aliphatic carbocycles. The van der Waals surface area contributed by atoms with Crippen molar-refractivity contribution in [3.63, 3.8) is 0 Å². The molecule has 4 aromatic rings. The molecule has 4 nitrogen and oxygen atoms in total. The lowest BCUT2D eigenvalue weighted by atomic mass is 10.1. The number of nitrogens with zero attached hydrogens (tertiary/aromatic N) is 2. The van der Waals surface area contributed by atoms with Crippen molar-refractivity contribution < 1.29 is 9.52 Å². The molecule has 1 heterocycles. The van der Waals surface area contributed by atoms with Crippen LogP contribution in [0.5, 0.6) is 5.75 Å². The third-order valence-corrected chi connectivity index (χ3v) is 4.59. The number of aromatic hydroxyl groups is 1. The van der Waals surface area contributed by atoms with Gasteiger partial charge in [-0.15, -0.1) is 0 Å². The first kappa shape index (κ1) is 16.5. The number of aromatic nitrogens is 1. The average Bonchev–Trinajstić information content (AvgIpc) is 3.08. The second-order valence-corrected chi connectivity index (χ2v) is 6.87. The van der Waals surface area contributed by atoms with Crippen LogP contribution in [-0.2, 0) is 0 Å². The minimum atomic E-state index is 0.108. The van der Waals surface area contributed by atoms with Gasteiger partial charge in [0.15, 0.2) is 5.58 Å². The molecule has 128 valence electrons. The Labute approximate surface area is 159 Å². The summed E-state index contributed by atoms with van der Waals surface area (Å²) in [5.74, 6) is 0.490. The van der Waals surface area contributed by atoms with E-state index in [1.165, 1.54) is 0 Å². The van der Waals surface area contributed by atoms with Crippen LogP contribution in [-0.4, -0.2) is 16.3 Å². The first-order valence-corrected chi connectivity index (χ1v) is 8.88. The molecule has 0 atom stereocenters. The standard InChI is InChI=1S/C21H15BrN2O2/c1-13-3-2-4-19-20(13)24-21(26-19)17-11-16(9-10-18(17)25)23-12-14-5-7-15(22)8-6-14/h2-12,25H,1H3. The van der Waals surface area contributed by atoms with Crippen LogP contribution >= 0.6 is 15.9 Å². The first-order chi connectivity index (χ1) is 12.6. The van der Waals surface area contributed by atoms with Gasteiger partial charge in [0.1, 0.15) is 11.3 Å². The fraction of sp³-hybridized carbons (Fsp3) is 0.0476. The number of phenolic OH excluding ortho intramolecular Hbond substituents is 1. The monoisotopic (exact) mass is 406 g/mol. The summed E-state index contributed by atoms with van der Waals surface area (Å²) in [4.78, 5) is 9.01. The van der Waals surface area contributed by atoms with Crippen molar-refractivity contribution in [3.8, 4) is 17.2 Å². The molecule has 0 aliphatic heterocycles. The lowest BCUT2D eigenvalue weighted by Crippen LogP contribution is -1.82. The Kier molecular flexibility index (Phi) is 4.31. The molecule has 0 spiro atoms. The quantitative estimate of drug-likeness (QED) is 0.423. The van der Waals surface area contributed by atoms with Crippen LogP contribution < -0.4 is 0 Å². The zero-order valence-corrected chi connectivity index (χ0v) is 15.6. The molecule has 0 amide bonds. The van der Waals surface area contributed by atoms with E-state index in [9.17, 15) is 5.11 Å². The van der Waals surface area contributed by atoms with Gasteiger partial charge < -0.3 is 9.52 Å². The minimum Gasteiger partial charge on any atom is -0.507 e. The molecule has 3 aromatic carbocycles. The summed E-state index contributed by atoms with van der Waals surface area (Å²) in [5, 5.41) is 10.2. The van der Waals surface area contributed by atoms with Gasteiger partial charge in [-0.1, -0.05) is 40.2 Å². The topological polar surface area (TPSA) is 58.6 Å². The predicted molar refractivity (Wildman–Crippen MR) is 107 cm³/mol.